The average Bonchev–Trinajstić information content (AvgIpc) is 3.03. The predicted molar refractivity (Wildman–Crippen MR) is 107 cm³/mol. The van der Waals surface area contributed by atoms with E-state index in [4.69, 9.17) is 0 Å². The van der Waals surface area contributed by atoms with E-state index >= 15 is 0 Å². The van der Waals surface area contributed by atoms with Gasteiger partial charge in [0.15, 0.2) is 0 Å². The number of aromatic nitrogens is 1. The molecule has 120 valence electrons. The SMILES string of the molecule is C1=CC(n2c3ccccc3c3ccccc32)=CC(c2ccccc2)C1. The molecule has 0 radical (unpaired) electrons. The van der Waals surface area contributed by atoms with Crippen LogP contribution in [0.15, 0.2) is 97.1 Å². The minimum Gasteiger partial charge on any atom is -0.310 e. The lowest BCUT2D eigenvalue weighted by Crippen LogP contribution is -2.03. The van der Waals surface area contributed by atoms with Crippen molar-refractivity contribution >= 4 is 27.5 Å². The van der Waals surface area contributed by atoms with Gasteiger partial charge in [-0.25, -0.2) is 0 Å². The molecule has 4 aromatic rings. The molecule has 1 atom stereocenters. The second-order valence-corrected chi connectivity index (χ2v) is 6.62. The molecule has 1 nitrogen and oxygen atoms in total. The van der Waals surface area contributed by atoms with Gasteiger partial charge in [0.05, 0.1) is 11.0 Å². The summed E-state index contributed by atoms with van der Waals surface area (Å²) in [7, 11) is 0. The fraction of sp³-hybridized carbons (Fsp3) is 0.0833. The molecule has 1 heteroatoms. The van der Waals surface area contributed by atoms with Crippen LogP contribution in [0.2, 0.25) is 0 Å². The lowest BCUT2D eigenvalue weighted by Gasteiger charge is -2.19. The number of hydrogen-bond acceptors (Lipinski definition) is 0. The Morgan fingerprint density at radius 1 is 0.680 bits per heavy atom. The molecule has 0 N–H and O–H groups in total. The molecule has 0 spiro atoms. The van der Waals surface area contributed by atoms with Gasteiger partial charge >= 0.3 is 0 Å². The lowest BCUT2D eigenvalue weighted by molar-refractivity contribution is 0.849. The Balaban J connectivity index is 1.74. The first kappa shape index (κ1) is 14.3. The fourth-order valence-corrected chi connectivity index (χ4v) is 3.95. The standard InChI is InChI=1S/C24H19N/c1-2-9-18(10-3-1)19-11-8-12-20(17-19)25-23-15-6-4-13-21(23)22-14-5-7-16-24(22)25/h1-10,12-17,19H,11H2. The number of benzene rings is 3. The quantitative estimate of drug-likeness (QED) is 0.404. The third-order valence-corrected chi connectivity index (χ3v) is 5.12. The molecule has 3 aromatic carbocycles. The molecule has 0 bridgehead atoms. The molecule has 1 unspecified atom stereocenters. The van der Waals surface area contributed by atoms with E-state index in [1.807, 2.05) is 0 Å². The number of rotatable bonds is 2. The minimum absolute atomic E-state index is 0.432. The Labute approximate surface area is 147 Å². The first-order chi connectivity index (χ1) is 12.4. The summed E-state index contributed by atoms with van der Waals surface area (Å²) in [4.78, 5) is 0. The van der Waals surface area contributed by atoms with E-state index in [0.29, 0.717) is 5.92 Å². The van der Waals surface area contributed by atoms with Crippen molar-refractivity contribution in [3.8, 4) is 0 Å². The summed E-state index contributed by atoms with van der Waals surface area (Å²) in [6.45, 7) is 0. The van der Waals surface area contributed by atoms with Crippen LogP contribution in [0.4, 0.5) is 0 Å². The van der Waals surface area contributed by atoms with Crippen molar-refractivity contribution in [2.75, 3.05) is 0 Å². The molecule has 0 fully saturated rings. The van der Waals surface area contributed by atoms with Gasteiger partial charge in [-0.05, 0) is 30.2 Å². The minimum atomic E-state index is 0.432. The van der Waals surface area contributed by atoms with Crippen molar-refractivity contribution in [3.05, 3.63) is 103 Å². The summed E-state index contributed by atoms with van der Waals surface area (Å²) in [5.41, 5.74) is 5.18. The zero-order valence-electron chi connectivity index (χ0n) is 14.0. The number of hydrogen-bond donors (Lipinski definition) is 0. The highest BCUT2D eigenvalue weighted by atomic mass is 15.0. The average molecular weight is 321 g/mol. The number of allylic oxidation sites excluding steroid dienone is 4. The van der Waals surface area contributed by atoms with Gasteiger partial charge in [0.1, 0.15) is 0 Å². The summed E-state index contributed by atoms with van der Waals surface area (Å²) in [5, 5.41) is 2.63. The molecule has 0 amide bonds. The number of para-hydroxylation sites is 2. The number of fused-ring (bicyclic) bond motifs is 3. The monoisotopic (exact) mass is 321 g/mol. The molecular formula is C24H19N. The van der Waals surface area contributed by atoms with Crippen molar-refractivity contribution in [1.29, 1.82) is 0 Å². The van der Waals surface area contributed by atoms with Crippen molar-refractivity contribution < 1.29 is 0 Å². The van der Waals surface area contributed by atoms with E-state index in [0.717, 1.165) is 6.42 Å². The van der Waals surface area contributed by atoms with Gasteiger partial charge in [0.2, 0.25) is 0 Å². The molecular weight excluding hydrogens is 302 g/mol. The highest BCUT2D eigenvalue weighted by Gasteiger charge is 2.16. The van der Waals surface area contributed by atoms with Gasteiger partial charge in [-0.15, -0.1) is 0 Å². The van der Waals surface area contributed by atoms with E-state index in [2.05, 4.69) is 102 Å². The van der Waals surface area contributed by atoms with Crippen molar-refractivity contribution in [2.24, 2.45) is 0 Å². The van der Waals surface area contributed by atoms with Crippen LogP contribution < -0.4 is 0 Å². The maximum atomic E-state index is 2.41. The van der Waals surface area contributed by atoms with Gasteiger partial charge in [-0.1, -0.05) is 78.9 Å². The van der Waals surface area contributed by atoms with Gasteiger partial charge in [0.25, 0.3) is 0 Å². The molecule has 0 aliphatic heterocycles. The highest BCUT2D eigenvalue weighted by molar-refractivity contribution is 6.10. The normalized spacial score (nSPS) is 17.1. The van der Waals surface area contributed by atoms with E-state index in [9.17, 15) is 0 Å². The predicted octanol–water partition coefficient (Wildman–Crippen LogP) is 6.38. The molecule has 1 aliphatic carbocycles. The third-order valence-electron chi connectivity index (χ3n) is 5.12. The van der Waals surface area contributed by atoms with Gasteiger partial charge in [-0.2, -0.15) is 0 Å². The largest absolute Gasteiger partial charge is 0.310 e. The Kier molecular flexibility index (Phi) is 3.31. The molecule has 0 saturated carbocycles. The van der Waals surface area contributed by atoms with E-state index in [1.165, 1.54) is 33.1 Å². The van der Waals surface area contributed by atoms with Crippen LogP contribution in [-0.4, -0.2) is 4.57 Å². The Bertz CT molecular complexity index is 1060. The molecule has 5 rings (SSSR count). The third kappa shape index (κ3) is 2.32. The molecule has 1 heterocycles. The highest BCUT2D eigenvalue weighted by Crippen LogP contribution is 2.35. The summed E-state index contributed by atoms with van der Waals surface area (Å²) in [6.07, 6.45) is 8.04. The van der Waals surface area contributed by atoms with Crippen molar-refractivity contribution in [3.63, 3.8) is 0 Å². The topological polar surface area (TPSA) is 4.93 Å². The van der Waals surface area contributed by atoms with Gasteiger partial charge < -0.3 is 4.57 Å². The van der Waals surface area contributed by atoms with Crippen LogP contribution >= 0.6 is 0 Å². The second-order valence-electron chi connectivity index (χ2n) is 6.62. The maximum Gasteiger partial charge on any atom is 0.0540 e. The first-order valence-electron chi connectivity index (χ1n) is 8.84. The summed E-state index contributed by atoms with van der Waals surface area (Å²) in [5.74, 6) is 0.432. The molecule has 25 heavy (non-hydrogen) atoms. The molecule has 1 aliphatic rings. The van der Waals surface area contributed by atoms with Crippen LogP contribution in [-0.2, 0) is 0 Å². The van der Waals surface area contributed by atoms with Gasteiger partial charge in [-0.3, -0.25) is 0 Å². The Morgan fingerprint density at radius 3 is 1.96 bits per heavy atom. The zero-order valence-corrected chi connectivity index (χ0v) is 14.0. The smallest absolute Gasteiger partial charge is 0.0540 e. The Hall–Kier alpha value is -3.06. The fourth-order valence-electron chi connectivity index (χ4n) is 3.95. The zero-order chi connectivity index (χ0) is 16.6. The van der Waals surface area contributed by atoms with E-state index < -0.39 is 0 Å². The summed E-state index contributed by atoms with van der Waals surface area (Å²) >= 11 is 0. The molecule has 0 saturated heterocycles. The Morgan fingerprint density at radius 2 is 1.28 bits per heavy atom. The van der Waals surface area contributed by atoms with Crippen LogP contribution in [0.5, 0.6) is 0 Å². The molecule has 1 aromatic heterocycles. The first-order valence-corrected chi connectivity index (χ1v) is 8.84. The second kappa shape index (κ2) is 5.78. The number of nitrogens with zero attached hydrogens (tertiary/aromatic N) is 1. The van der Waals surface area contributed by atoms with Crippen molar-refractivity contribution in [2.45, 2.75) is 12.3 Å². The maximum absolute atomic E-state index is 2.41. The van der Waals surface area contributed by atoms with Crippen LogP contribution in [0.25, 0.3) is 27.5 Å². The van der Waals surface area contributed by atoms with Crippen molar-refractivity contribution in [1.82, 2.24) is 4.57 Å². The van der Waals surface area contributed by atoms with E-state index in [-0.39, 0.29) is 0 Å². The summed E-state index contributed by atoms with van der Waals surface area (Å²) < 4.78 is 2.40. The van der Waals surface area contributed by atoms with Crippen LogP contribution in [0.1, 0.15) is 17.9 Å². The lowest BCUT2D eigenvalue weighted by atomic mass is 9.91. The van der Waals surface area contributed by atoms with E-state index in [1.54, 1.807) is 0 Å². The summed E-state index contributed by atoms with van der Waals surface area (Å²) in [6, 6.07) is 28.2. The van der Waals surface area contributed by atoms with Gasteiger partial charge in [0, 0.05) is 22.4 Å². The van der Waals surface area contributed by atoms with Crippen LogP contribution in [0.3, 0.4) is 0 Å². The van der Waals surface area contributed by atoms with Crippen LogP contribution in [0, 0.1) is 0 Å².